The first-order valence-electron chi connectivity index (χ1n) is 8.88. The van der Waals surface area contributed by atoms with E-state index in [0.717, 1.165) is 5.56 Å². The number of carbonyl (C=O) groups excluding carboxylic acids is 2. The standard InChI is InChI=1S/C20H20FN5O2S/c1-26-17(12-22-18(27)11-14-5-3-2-4-6-14)24-25-20(26)29-13-19(28)23-16-9-7-15(21)8-10-16/h2-10H,11-13H2,1H3,(H,22,27)(H,23,28). The quantitative estimate of drug-likeness (QED) is 0.554. The number of carbonyl (C=O) groups is 2. The van der Waals surface area contributed by atoms with Crippen molar-refractivity contribution in [1.82, 2.24) is 20.1 Å². The van der Waals surface area contributed by atoms with Gasteiger partial charge in [-0.05, 0) is 29.8 Å². The van der Waals surface area contributed by atoms with Gasteiger partial charge in [-0.3, -0.25) is 9.59 Å². The second-order valence-corrected chi connectivity index (χ2v) is 7.18. The average molecular weight is 413 g/mol. The highest BCUT2D eigenvalue weighted by Crippen LogP contribution is 2.16. The van der Waals surface area contributed by atoms with Crippen LogP contribution in [0.15, 0.2) is 59.8 Å². The van der Waals surface area contributed by atoms with Crippen molar-refractivity contribution >= 4 is 29.3 Å². The molecule has 0 spiro atoms. The molecule has 0 bridgehead atoms. The molecule has 0 unspecified atom stereocenters. The number of halogens is 1. The number of thioether (sulfide) groups is 1. The van der Waals surface area contributed by atoms with Gasteiger partial charge in [0.1, 0.15) is 5.82 Å². The third kappa shape index (κ3) is 6.15. The Morgan fingerprint density at radius 3 is 2.48 bits per heavy atom. The van der Waals surface area contributed by atoms with Gasteiger partial charge in [0.15, 0.2) is 11.0 Å². The highest BCUT2D eigenvalue weighted by molar-refractivity contribution is 7.99. The van der Waals surface area contributed by atoms with E-state index in [1.807, 2.05) is 30.3 Å². The molecule has 0 saturated carbocycles. The summed E-state index contributed by atoms with van der Waals surface area (Å²) in [6.07, 6.45) is 0.295. The van der Waals surface area contributed by atoms with E-state index in [9.17, 15) is 14.0 Å². The highest BCUT2D eigenvalue weighted by Gasteiger charge is 2.13. The predicted octanol–water partition coefficient (Wildman–Crippen LogP) is 2.54. The Labute approximate surface area is 171 Å². The summed E-state index contributed by atoms with van der Waals surface area (Å²) in [5.74, 6) is 0.0195. The lowest BCUT2D eigenvalue weighted by atomic mass is 10.1. The maximum absolute atomic E-state index is 12.9. The molecule has 0 aliphatic heterocycles. The molecule has 1 aromatic heterocycles. The zero-order chi connectivity index (χ0) is 20.6. The lowest BCUT2D eigenvalue weighted by Gasteiger charge is -2.07. The third-order valence-electron chi connectivity index (χ3n) is 4.04. The van der Waals surface area contributed by atoms with Gasteiger partial charge in [0.2, 0.25) is 11.8 Å². The summed E-state index contributed by atoms with van der Waals surface area (Å²) >= 11 is 1.23. The number of aromatic nitrogens is 3. The van der Waals surface area contributed by atoms with Crippen LogP contribution >= 0.6 is 11.8 Å². The Morgan fingerprint density at radius 2 is 1.76 bits per heavy atom. The van der Waals surface area contributed by atoms with E-state index in [-0.39, 0.29) is 29.9 Å². The number of hydrogen-bond donors (Lipinski definition) is 2. The van der Waals surface area contributed by atoms with Crippen molar-refractivity contribution in [3.8, 4) is 0 Å². The van der Waals surface area contributed by atoms with Gasteiger partial charge >= 0.3 is 0 Å². The van der Waals surface area contributed by atoms with Gasteiger partial charge < -0.3 is 15.2 Å². The van der Waals surface area contributed by atoms with Gasteiger partial charge in [-0.2, -0.15) is 0 Å². The Balaban J connectivity index is 1.46. The molecular formula is C20H20FN5O2S. The van der Waals surface area contributed by atoms with Crippen molar-refractivity contribution in [2.75, 3.05) is 11.1 Å². The number of anilines is 1. The Bertz CT molecular complexity index is 976. The van der Waals surface area contributed by atoms with Crippen LogP contribution in [0.5, 0.6) is 0 Å². The summed E-state index contributed by atoms with van der Waals surface area (Å²) in [4.78, 5) is 24.1. The molecule has 29 heavy (non-hydrogen) atoms. The molecule has 0 atom stereocenters. The van der Waals surface area contributed by atoms with Crippen LogP contribution < -0.4 is 10.6 Å². The first kappa shape index (κ1) is 20.5. The van der Waals surface area contributed by atoms with E-state index in [4.69, 9.17) is 0 Å². The predicted molar refractivity (Wildman–Crippen MR) is 109 cm³/mol. The molecule has 0 fully saturated rings. The van der Waals surface area contributed by atoms with E-state index in [1.54, 1.807) is 11.6 Å². The Kier molecular flexibility index (Phi) is 6.96. The summed E-state index contributed by atoms with van der Waals surface area (Å²) < 4.78 is 14.6. The lowest BCUT2D eigenvalue weighted by molar-refractivity contribution is -0.120. The van der Waals surface area contributed by atoms with Crippen molar-refractivity contribution in [1.29, 1.82) is 0 Å². The fourth-order valence-corrected chi connectivity index (χ4v) is 3.24. The Morgan fingerprint density at radius 1 is 1.03 bits per heavy atom. The van der Waals surface area contributed by atoms with Crippen LogP contribution in [0.4, 0.5) is 10.1 Å². The fraction of sp³-hybridized carbons (Fsp3) is 0.200. The maximum atomic E-state index is 12.9. The van der Waals surface area contributed by atoms with Crippen molar-refractivity contribution in [2.45, 2.75) is 18.1 Å². The maximum Gasteiger partial charge on any atom is 0.234 e. The number of benzene rings is 2. The summed E-state index contributed by atoms with van der Waals surface area (Å²) in [5, 5.41) is 14.2. The van der Waals surface area contributed by atoms with E-state index >= 15 is 0 Å². The molecule has 0 aliphatic carbocycles. The van der Waals surface area contributed by atoms with Crippen molar-refractivity contribution < 1.29 is 14.0 Å². The minimum atomic E-state index is -0.361. The summed E-state index contributed by atoms with van der Waals surface area (Å²) in [5.41, 5.74) is 1.46. The molecule has 0 saturated heterocycles. The molecule has 3 rings (SSSR count). The van der Waals surface area contributed by atoms with Crippen molar-refractivity contribution in [2.24, 2.45) is 7.05 Å². The van der Waals surface area contributed by atoms with Gasteiger partial charge in [0.25, 0.3) is 0 Å². The first-order valence-corrected chi connectivity index (χ1v) is 9.87. The van der Waals surface area contributed by atoms with E-state index in [2.05, 4.69) is 20.8 Å². The minimum absolute atomic E-state index is 0.105. The SMILES string of the molecule is Cn1c(CNC(=O)Cc2ccccc2)nnc1SCC(=O)Nc1ccc(F)cc1. The lowest BCUT2D eigenvalue weighted by Crippen LogP contribution is -2.26. The fourth-order valence-electron chi connectivity index (χ4n) is 2.51. The second kappa shape index (κ2) is 9.83. The zero-order valence-electron chi connectivity index (χ0n) is 15.8. The van der Waals surface area contributed by atoms with Crippen LogP contribution in [-0.4, -0.2) is 32.3 Å². The molecule has 2 aromatic carbocycles. The third-order valence-corrected chi connectivity index (χ3v) is 5.06. The van der Waals surface area contributed by atoms with E-state index < -0.39 is 0 Å². The molecule has 7 nitrogen and oxygen atoms in total. The highest BCUT2D eigenvalue weighted by atomic mass is 32.2. The molecule has 1 heterocycles. The molecule has 2 N–H and O–H groups in total. The van der Waals surface area contributed by atoms with Gasteiger partial charge in [0.05, 0.1) is 18.7 Å². The average Bonchev–Trinajstić information content (AvgIpc) is 3.07. The minimum Gasteiger partial charge on any atom is -0.349 e. The molecule has 2 amide bonds. The summed E-state index contributed by atoms with van der Waals surface area (Å²) in [6.45, 7) is 0.248. The monoisotopic (exact) mass is 413 g/mol. The summed E-state index contributed by atoms with van der Waals surface area (Å²) in [7, 11) is 1.78. The van der Waals surface area contributed by atoms with Gasteiger partial charge in [-0.15, -0.1) is 10.2 Å². The Hall–Kier alpha value is -3.20. The normalized spacial score (nSPS) is 10.6. The van der Waals surface area contributed by atoms with Crippen LogP contribution in [0.1, 0.15) is 11.4 Å². The number of hydrogen-bond acceptors (Lipinski definition) is 5. The molecule has 3 aromatic rings. The molecule has 9 heteroatoms. The topological polar surface area (TPSA) is 88.9 Å². The zero-order valence-corrected chi connectivity index (χ0v) is 16.6. The van der Waals surface area contributed by atoms with Crippen molar-refractivity contribution in [3.63, 3.8) is 0 Å². The summed E-state index contributed by atoms with van der Waals surface area (Å²) in [6, 6.07) is 15.0. The van der Waals surface area contributed by atoms with Gasteiger partial charge in [0, 0.05) is 12.7 Å². The first-order chi connectivity index (χ1) is 14.0. The van der Waals surface area contributed by atoms with Crippen LogP contribution in [0.3, 0.4) is 0 Å². The molecular weight excluding hydrogens is 393 g/mol. The number of nitrogens with zero attached hydrogens (tertiary/aromatic N) is 3. The molecule has 0 radical (unpaired) electrons. The van der Waals surface area contributed by atoms with Crippen LogP contribution in [0, 0.1) is 5.82 Å². The number of amides is 2. The molecule has 0 aliphatic rings. The smallest absolute Gasteiger partial charge is 0.234 e. The second-order valence-electron chi connectivity index (χ2n) is 6.24. The van der Waals surface area contributed by atoms with Crippen LogP contribution in [-0.2, 0) is 29.6 Å². The van der Waals surface area contributed by atoms with E-state index in [1.165, 1.54) is 36.0 Å². The van der Waals surface area contributed by atoms with E-state index in [0.29, 0.717) is 23.1 Å². The number of nitrogens with one attached hydrogen (secondary N) is 2. The van der Waals surface area contributed by atoms with Crippen LogP contribution in [0.25, 0.3) is 0 Å². The number of rotatable bonds is 8. The largest absolute Gasteiger partial charge is 0.349 e. The molecule has 150 valence electrons. The van der Waals surface area contributed by atoms with Gasteiger partial charge in [-0.1, -0.05) is 42.1 Å². The van der Waals surface area contributed by atoms with Crippen LogP contribution in [0.2, 0.25) is 0 Å². The van der Waals surface area contributed by atoms with Gasteiger partial charge in [-0.25, -0.2) is 4.39 Å². The van der Waals surface area contributed by atoms with Crippen molar-refractivity contribution in [3.05, 3.63) is 71.8 Å².